The monoisotopic (exact) mass is 204 g/mol. The smallest absolute Gasteiger partial charge is 0.267 e. The third-order valence-corrected chi connectivity index (χ3v) is 1.85. The molecule has 1 aromatic carbocycles. The number of hydrazone groups is 1. The molecule has 1 N–H and O–H groups in total. The Morgan fingerprint density at radius 3 is 2.47 bits per heavy atom. The van der Waals surface area contributed by atoms with Gasteiger partial charge in [-0.1, -0.05) is 31.5 Å². The SMILES string of the molecule is Cc1ccc(C(=O)N/N=C/C(C)C)cc1. The second-order valence-electron chi connectivity index (χ2n) is 3.83. The number of hydrogen-bond acceptors (Lipinski definition) is 2. The van der Waals surface area contributed by atoms with E-state index >= 15 is 0 Å². The van der Waals surface area contributed by atoms with Gasteiger partial charge >= 0.3 is 0 Å². The van der Waals surface area contributed by atoms with Gasteiger partial charge in [0.25, 0.3) is 5.91 Å². The summed E-state index contributed by atoms with van der Waals surface area (Å²) in [5.74, 6) is 0.162. The van der Waals surface area contributed by atoms with Gasteiger partial charge in [0, 0.05) is 11.8 Å². The van der Waals surface area contributed by atoms with Gasteiger partial charge in [-0.2, -0.15) is 5.10 Å². The van der Waals surface area contributed by atoms with Crippen molar-refractivity contribution in [1.82, 2.24) is 5.43 Å². The normalized spacial score (nSPS) is 10.9. The van der Waals surface area contributed by atoms with Crippen molar-refractivity contribution in [2.45, 2.75) is 20.8 Å². The van der Waals surface area contributed by atoms with E-state index in [0.717, 1.165) is 5.56 Å². The van der Waals surface area contributed by atoms with E-state index in [4.69, 9.17) is 0 Å². The summed E-state index contributed by atoms with van der Waals surface area (Å²) in [6.45, 7) is 5.99. The lowest BCUT2D eigenvalue weighted by Crippen LogP contribution is -2.17. The molecule has 15 heavy (non-hydrogen) atoms. The zero-order valence-corrected chi connectivity index (χ0v) is 9.32. The van der Waals surface area contributed by atoms with E-state index in [1.165, 1.54) is 0 Å². The van der Waals surface area contributed by atoms with Crippen molar-refractivity contribution in [1.29, 1.82) is 0 Å². The molecule has 0 saturated carbocycles. The van der Waals surface area contributed by atoms with E-state index in [2.05, 4.69) is 10.5 Å². The van der Waals surface area contributed by atoms with Crippen LogP contribution in [0, 0.1) is 12.8 Å². The molecule has 1 amide bonds. The third kappa shape index (κ3) is 3.94. The van der Waals surface area contributed by atoms with Crippen LogP contribution in [-0.4, -0.2) is 12.1 Å². The van der Waals surface area contributed by atoms with Gasteiger partial charge in [0.15, 0.2) is 0 Å². The van der Waals surface area contributed by atoms with Gasteiger partial charge in [-0.05, 0) is 25.0 Å². The molecular weight excluding hydrogens is 188 g/mol. The topological polar surface area (TPSA) is 41.5 Å². The molecular formula is C12H16N2O. The lowest BCUT2D eigenvalue weighted by Gasteiger charge is -2.00. The first-order valence-electron chi connectivity index (χ1n) is 5.00. The fraction of sp³-hybridized carbons (Fsp3) is 0.333. The largest absolute Gasteiger partial charge is 0.271 e. The fourth-order valence-corrected chi connectivity index (χ4v) is 1.01. The minimum atomic E-state index is -0.174. The molecule has 0 fully saturated rings. The van der Waals surface area contributed by atoms with Crippen LogP contribution in [-0.2, 0) is 0 Å². The average molecular weight is 204 g/mol. The van der Waals surface area contributed by atoms with Crippen LogP contribution in [0.25, 0.3) is 0 Å². The van der Waals surface area contributed by atoms with Crippen molar-refractivity contribution in [2.24, 2.45) is 11.0 Å². The van der Waals surface area contributed by atoms with Crippen LogP contribution in [0.1, 0.15) is 29.8 Å². The molecule has 80 valence electrons. The maximum Gasteiger partial charge on any atom is 0.271 e. The number of aryl methyl sites for hydroxylation is 1. The molecule has 0 aliphatic carbocycles. The molecule has 3 heteroatoms. The Labute approximate surface area is 90.2 Å². The number of nitrogens with zero attached hydrogens (tertiary/aromatic N) is 1. The molecule has 0 heterocycles. The first-order valence-corrected chi connectivity index (χ1v) is 5.00. The van der Waals surface area contributed by atoms with Crippen molar-refractivity contribution in [3.05, 3.63) is 35.4 Å². The average Bonchev–Trinajstić information content (AvgIpc) is 2.18. The van der Waals surface area contributed by atoms with E-state index in [0.29, 0.717) is 11.5 Å². The second kappa shape index (κ2) is 5.29. The van der Waals surface area contributed by atoms with Crippen LogP contribution >= 0.6 is 0 Å². The van der Waals surface area contributed by atoms with Gasteiger partial charge in [-0.15, -0.1) is 0 Å². The Morgan fingerprint density at radius 2 is 1.93 bits per heavy atom. The Kier molecular flexibility index (Phi) is 4.03. The van der Waals surface area contributed by atoms with Crippen LogP contribution in [0.3, 0.4) is 0 Å². The van der Waals surface area contributed by atoms with E-state index in [1.807, 2.05) is 32.9 Å². The highest BCUT2D eigenvalue weighted by Crippen LogP contribution is 2.02. The summed E-state index contributed by atoms with van der Waals surface area (Å²) in [6, 6.07) is 7.38. The second-order valence-corrected chi connectivity index (χ2v) is 3.83. The van der Waals surface area contributed by atoms with Crippen molar-refractivity contribution in [2.75, 3.05) is 0 Å². The Morgan fingerprint density at radius 1 is 1.33 bits per heavy atom. The zero-order chi connectivity index (χ0) is 11.3. The highest BCUT2D eigenvalue weighted by Gasteiger charge is 2.02. The summed E-state index contributed by atoms with van der Waals surface area (Å²) in [4.78, 5) is 11.5. The first-order chi connectivity index (χ1) is 7.09. The summed E-state index contributed by atoms with van der Waals surface area (Å²) in [6.07, 6.45) is 1.70. The number of carbonyl (C=O) groups is 1. The van der Waals surface area contributed by atoms with E-state index < -0.39 is 0 Å². The quantitative estimate of drug-likeness (QED) is 0.596. The lowest BCUT2D eigenvalue weighted by atomic mass is 10.1. The fourth-order valence-electron chi connectivity index (χ4n) is 1.01. The number of amides is 1. The summed E-state index contributed by atoms with van der Waals surface area (Å²) in [5.41, 5.74) is 4.24. The van der Waals surface area contributed by atoms with Crippen molar-refractivity contribution in [3.63, 3.8) is 0 Å². The van der Waals surface area contributed by atoms with Crippen molar-refractivity contribution < 1.29 is 4.79 Å². The first kappa shape index (κ1) is 11.4. The molecule has 3 nitrogen and oxygen atoms in total. The molecule has 0 spiro atoms. The van der Waals surface area contributed by atoms with Crippen LogP contribution in [0.5, 0.6) is 0 Å². The molecule has 0 aliphatic heterocycles. The maximum atomic E-state index is 11.5. The predicted octanol–water partition coefficient (Wildman–Crippen LogP) is 2.37. The maximum absolute atomic E-state index is 11.5. The number of rotatable bonds is 3. The summed E-state index contributed by atoms with van der Waals surface area (Å²) in [7, 11) is 0. The van der Waals surface area contributed by atoms with Crippen LogP contribution in [0.4, 0.5) is 0 Å². The Bertz CT molecular complexity index is 352. The highest BCUT2D eigenvalue weighted by atomic mass is 16.2. The van der Waals surface area contributed by atoms with Gasteiger partial charge in [-0.25, -0.2) is 5.43 Å². The van der Waals surface area contributed by atoms with E-state index in [-0.39, 0.29) is 5.91 Å². The molecule has 0 radical (unpaired) electrons. The standard InChI is InChI=1S/C12H16N2O/c1-9(2)8-13-14-12(15)11-6-4-10(3)5-7-11/h4-9H,1-3H3,(H,14,15)/b13-8+. The van der Waals surface area contributed by atoms with Gasteiger partial charge in [0.1, 0.15) is 0 Å². The van der Waals surface area contributed by atoms with E-state index in [1.54, 1.807) is 18.3 Å². The van der Waals surface area contributed by atoms with Gasteiger partial charge < -0.3 is 0 Å². The molecule has 1 rings (SSSR count). The van der Waals surface area contributed by atoms with Crippen LogP contribution in [0.2, 0.25) is 0 Å². The number of hydrogen-bond donors (Lipinski definition) is 1. The zero-order valence-electron chi connectivity index (χ0n) is 9.32. The molecule has 0 saturated heterocycles. The number of nitrogens with one attached hydrogen (secondary N) is 1. The van der Waals surface area contributed by atoms with Gasteiger partial charge in [0.05, 0.1) is 0 Å². The van der Waals surface area contributed by atoms with E-state index in [9.17, 15) is 4.79 Å². The van der Waals surface area contributed by atoms with Gasteiger partial charge in [0.2, 0.25) is 0 Å². The minimum Gasteiger partial charge on any atom is -0.267 e. The molecule has 0 atom stereocenters. The van der Waals surface area contributed by atoms with Gasteiger partial charge in [-0.3, -0.25) is 4.79 Å². The Balaban J connectivity index is 2.58. The summed E-state index contributed by atoms with van der Waals surface area (Å²) >= 11 is 0. The molecule has 0 aromatic heterocycles. The minimum absolute atomic E-state index is 0.174. The molecule has 0 unspecified atom stereocenters. The van der Waals surface area contributed by atoms with Crippen LogP contribution in [0.15, 0.2) is 29.4 Å². The van der Waals surface area contributed by atoms with Crippen molar-refractivity contribution >= 4 is 12.1 Å². The molecule has 0 aliphatic rings. The van der Waals surface area contributed by atoms with Crippen LogP contribution < -0.4 is 5.43 Å². The Hall–Kier alpha value is -1.64. The molecule has 1 aromatic rings. The van der Waals surface area contributed by atoms with Crippen molar-refractivity contribution in [3.8, 4) is 0 Å². The third-order valence-electron chi connectivity index (χ3n) is 1.85. The lowest BCUT2D eigenvalue weighted by molar-refractivity contribution is 0.0955. The predicted molar refractivity (Wildman–Crippen MR) is 62.0 cm³/mol. The molecule has 0 bridgehead atoms. The number of benzene rings is 1. The summed E-state index contributed by atoms with van der Waals surface area (Å²) in [5, 5.41) is 3.85. The highest BCUT2D eigenvalue weighted by molar-refractivity contribution is 5.94. The number of carbonyl (C=O) groups excluding carboxylic acids is 1. The summed E-state index contributed by atoms with van der Waals surface area (Å²) < 4.78 is 0.